The minimum Gasteiger partial charge on any atom is -0.352 e. The van der Waals surface area contributed by atoms with Gasteiger partial charge in [-0.2, -0.15) is 0 Å². The summed E-state index contributed by atoms with van der Waals surface area (Å²) in [6.45, 7) is 5.75. The molecule has 0 spiro atoms. The molecule has 2 rings (SSSR count). The molecule has 0 bridgehead atoms. The van der Waals surface area contributed by atoms with Crippen LogP contribution in [0, 0.1) is 0 Å². The lowest BCUT2D eigenvalue weighted by atomic mass is 10.1. The van der Waals surface area contributed by atoms with E-state index in [1.54, 1.807) is 37.3 Å². The van der Waals surface area contributed by atoms with Crippen LogP contribution in [0.5, 0.6) is 0 Å². The van der Waals surface area contributed by atoms with Gasteiger partial charge in [0.05, 0.1) is 4.90 Å². The first-order valence-electron chi connectivity index (χ1n) is 10.9. The van der Waals surface area contributed by atoms with Crippen LogP contribution in [0.15, 0.2) is 59.5 Å². The van der Waals surface area contributed by atoms with Crippen LogP contribution in [0.2, 0.25) is 5.02 Å². The van der Waals surface area contributed by atoms with E-state index in [1.165, 1.54) is 28.4 Å². The Morgan fingerprint density at radius 3 is 2.21 bits per heavy atom. The fourth-order valence-corrected chi connectivity index (χ4v) is 4.71. The normalized spacial score (nSPS) is 12.6. The second-order valence-corrected chi connectivity index (χ2v) is 10.6. The third kappa shape index (κ3) is 7.55. The maximum absolute atomic E-state index is 13.1. The van der Waals surface area contributed by atoms with Crippen LogP contribution in [-0.2, 0) is 26.2 Å². The van der Waals surface area contributed by atoms with Gasteiger partial charge in [-0.25, -0.2) is 12.7 Å². The van der Waals surface area contributed by atoms with Gasteiger partial charge in [-0.15, -0.1) is 0 Å². The SMILES string of the molecule is CC(C)NC(=O)C(C)N(Cc1ccccc1Cl)C(=O)CCCN(C)S(=O)(=O)c1ccccc1. The lowest BCUT2D eigenvalue weighted by Crippen LogP contribution is -2.49. The van der Waals surface area contributed by atoms with Crippen LogP contribution in [0.25, 0.3) is 0 Å². The van der Waals surface area contributed by atoms with Gasteiger partial charge in [0.2, 0.25) is 21.8 Å². The van der Waals surface area contributed by atoms with Crippen LogP contribution >= 0.6 is 11.6 Å². The summed E-state index contributed by atoms with van der Waals surface area (Å²) in [6.07, 6.45) is 0.414. The molecule has 9 heteroatoms. The predicted molar refractivity (Wildman–Crippen MR) is 130 cm³/mol. The molecule has 0 aliphatic rings. The summed E-state index contributed by atoms with van der Waals surface area (Å²) in [5, 5.41) is 3.35. The Balaban J connectivity index is 2.09. The standard InChI is InChI=1S/C24H32ClN3O4S/c1-18(2)26-24(30)19(3)28(17-20-11-8-9-14-22(20)25)23(29)15-10-16-27(4)33(31,32)21-12-6-5-7-13-21/h5-9,11-14,18-19H,10,15-17H2,1-4H3,(H,26,30). The van der Waals surface area contributed by atoms with Crippen LogP contribution in [0.1, 0.15) is 39.2 Å². The van der Waals surface area contributed by atoms with E-state index >= 15 is 0 Å². The number of benzene rings is 2. The van der Waals surface area contributed by atoms with Crippen molar-refractivity contribution in [1.82, 2.24) is 14.5 Å². The fraction of sp³-hybridized carbons (Fsp3) is 0.417. The number of nitrogens with one attached hydrogen (secondary N) is 1. The summed E-state index contributed by atoms with van der Waals surface area (Å²) in [4.78, 5) is 27.4. The van der Waals surface area contributed by atoms with Gasteiger partial charge < -0.3 is 10.2 Å². The van der Waals surface area contributed by atoms with Crippen molar-refractivity contribution in [3.8, 4) is 0 Å². The first-order chi connectivity index (χ1) is 15.5. The largest absolute Gasteiger partial charge is 0.352 e. The Labute approximate surface area is 201 Å². The van der Waals surface area contributed by atoms with Crippen molar-refractivity contribution >= 4 is 33.4 Å². The molecule has 0 saturated carbocycles. The van der Waals surface area contributed by atoms with Gasteiger partial charge in [0.15, 0.2) is 0 Å². The third-order valence-corrected chi connectivity index (χ3v) is 7.45. The van der Waals surface area contributed by atoms with E-state index in [2.05, 4.69) is 5.32 Å². The molecule has 2 amide bonds. The number of nitrogens with zero attached hydrogens (tertiary/aromatic N) is 2. The Bertz CT molecular complexity index is 1040. The average Bonchev–Trinajstić information content (AvgIpc) is 2.78. The number of carbonyl (C=O) groups excluding carboxylic acids is 2. The lowest BCUT2D eigenvalue weighted by molar-refractivity contribution is -0.140. The summed E-state index contributed by atoms with van der Waals surface area (Å²) >= 11 is 6.28. The van der Waals surface area contributed by atoms with E-state index < -0.39 is 16.1 Å². The topological polar surface area (TPSA) is 86.8 Å². The van der Waals surface area contributed by atoms with Crippen LogP contribution < -0.4 is 5.32 Å². The number of hydrogen-bond donors (Lipinski definition) is 1. The van der Waals surface area contributed by atoms with E-state index in [9.17, 15) is 18.0 Å². The van der Waals surface area contributed by atoms with Crippen molar-refractivity contribution in [2.45, 2.75) is 57.1 Å². The molecule has 2 aromatic rings. The molecule has 1 unspecified atom stereocenters. The van der Waals surface area contributed by atoms with Gasteiger partial charge in [-0.3, -0.25) is 9.59 Å². The Morgan fingerprint density at radius 1 is 1.00 bits per heavy atom. The van der Waals surface area contributed by atoms with Crippen molar-refractivity contribution in [3.63, 3.8) is 0 Å². The fourth-order valence-electron chi connectivity index (χ4n) is 3.29. The molecular formula is C24H32ClN3O4S. The summed E-state index contributed by atoms with van der Waals surface area (Å²) in [5.41, 5.74) is 0.737. The predicted octanol–water partition coefficient (Wildman–Crippen LogP) is 3.68. The molecule has 0 radical (unpaired) electrons. The van der Waals surface area contributed by atoms with E-state index in [0.29, 0.717) is 11.4 Å². The number of sulfonamides is 1. The molecular weight excluding hydrogens is 462 g/mol. The zero-order chi connectivity index (χ0) is 24.6. The molecule has 0 aliphatic carbocycles. The lowest BCUT2D eigenvalue weighted by Gasteiger charge is -2.30. The third-order valence-electron chi connectivity index (χ3n) is 5.21. The maximum Gasteiger partial charge on any atom is 0.242 e. The number of amides is 2. The Kier molecular flexibility index (Phi) is 9.88. The van der Waals surface area contributed by atoms with E-state index in [4.69, 9.17) is 11.6 Å². The first kappa shape index (κ1) is 26.8. The smallest absolute Gasteiger partial charge is 0.242 e. The van der Waals surface area contributed by atoms with Gasteiger partial charge in [-0.05, 0) is 51.0 Å². The highest BCUT2D eigenvalue weighted by Gasteiger charge is 2.27. The number of halogens is 1. The molecule has 0 fully saturated rings. The number of hydrogen-bond acceptors (Lipinski definition) is 4. The monoisotopic (exact) mass is 493 g/mol. The quantitative estimate of drug-likeness (QED) is 0.517. The molecule has 33 heavy (non-hydrogen) atoms. The Morgan fingerprint density at radius 2 is 1.61 bits per heavy atom. The molecule has 0 aliphatic heterocycles. The highest BCUT2D eigenvalue weighted by molar-refractivity contribution is 7.89. The van der Waals surface area contributed by atoms with Crippen LogP contribution in [-0.4, -0.2) is 55.1 Å². The Hall–Kier alpha value is -2.42. The van der Waals surface area contributed by atoms with Crippen molar-refractivity contribution < 1.29 is 18.0 Å². The van der Waals surface area contributed by atoms with Crippen molar-refractivity contribution in [3.05, 3.63) is 65.2 Å². The number of carbonyl (C=O) groups is 2. The molecule has 0 aromatic heterocycles. The van der Waals surface area contributed by atoms with Gasteiger partial charge in [0.1, 0.15) is 6.04 Å². The maximum atomic E-state index is 13.1. The number of rotatable bonds is 11. The van der Waals surface area contributed by atoms with Gasteiger partial charge in [0, 0.05) is 37.6 Å². The van der Waals surface area contributed by atoms with Gasteiger partial charge >= 0.3 is 0 Å². The second-order valence-electron chi connectivity index (χ2n) is 8.20. The summed E-state index contributed by atoms with van der Waals surface area (Å²) in [7, 11) is -2.13. The molecule has 0 heterocycles. The van der Waals surface area contributed by atoms with E-state index in [1.807, 2.05) is 26.0 Å². The van der Waals surface area contributed by atoms with Crippen molar-refractivity contribution in [2.75, 3.05) is 13.6 Å². The zero-order valence-corrected chi connectivity index (χ0v) is 21.1. The average molecular weight is 494 g/mol. The van der Waals surface area contributed by atoms with Gasteiger partial charge in [0.25, 0.3) is 0 Å². The van der Waals surface area contributed by atoms with Crippen molar-refractivity contribution in [1.29, 1.82) is 0 Å². The molecule has 1 atom stereocenters. The first-order valence-corrected chi connectivity index (χ1v) is 12.7. The minimum absolute atomic E-state index is 0.0611. The van der Waals surface area contributed by atoms with Gasteiger partial charge in [-0.1, -0.05) is 48.0 Å². The second kappa shape index (κ2) is 12.2. The van der Waals surface area contributed by atoms with Crippen molar-refractivity contribution in [2.24, 2.45) is 0 Å². The molecule has 2 aromatic carbocycles. The van der Waals surface area contributed by atoms with Crippen LogP contribution in [0.3, 0.4) is 0 Å². The highest BCUT2D eigenvalue weighted by atomic mass is 35.5. The van der Waals surface area contributed by atoms with E-state index in [-0.39, 0.29) is 42.3 Å². The summed E-state index contributed by atoms with van der Waals surface area (Å²) in [6, 6.07) is 14.6. The molecule has 180 valence electrons. The zero-order valence-electron chi connectivity index (χ0n) is 19.5. The minimum atomic E-state index is -3.63. The molecule has 0 saturated heterocycles. The molecule has 7 nitrogen and oxygen atoms in total. The highest BCUT2D eigenvalue weighted by Crippen LogP contribution is 2.20. The summed E-state index contributed by atoms with van der Waals surface area (Å²) in [5.74, 6) is -0.499. The van der Waals surface area contributed by atoms with Crippen LogP contribution in [0.4, 0.5) is 0 Å². The molecule has 1 N–H and O–H groups in total. The van der Waals surface area contributed by atoms with E-state index in [0.717, 1.165) is 5.56 Å². The summed E-state index contributed by atoms with van der Waals surface area (Å²) < 4.78 is 26.6.